The van der Waals surface area contributed by atoms with Gasteiger partial charge in [0.1, 0.15) is 5.75 Å². The minimum Gasteiger partial charge on any atom is -0.508 e. The van der Waals surface area contributed by atoms with Crippen molar-refractivity contribution in [2.45, 2.75) is 19.4 Å². The van der Waals surface area contributed by atoms with Crippen molar-refractivity contribution in [3.05, 3.63) is 23.8 Å². The van der Waals surface area contributed by atoms with E-state index in [9.17, 15) is 5.11 Å². The molecule has 2 aromatic rings. The molecule has 0 radical (unpaired) electrons. The number of rotatable bonds is 2. The van der Waals surface area contributed by atoms with Crippen molar-refractivity contribution >= 4 is 5.95 Å². The number of nitrogens with one attached hydrogen (secondary N) is 1. The van der Waals surface area contributed by atoms with Crippen molar-refractivity contribution < 1.29 is 5.11 Å². The third-order valence-corrected chi connectivity index (χ3v) is 3.46. The molecule has 1 unspecified atom stereocenters. The summed E-state index contributed by atoms with van der Waals surface area (Å²) in [6.07, 6.45) is 0.967. The Bertz CT molecular complexity index is 594. The highest BCUT2D eigenvalue weighted by Gasteiger charge is 2.22. The van der Waals surface area contributed by atoms with E-state index in [4.69, 9.17) is 5.73 Å². The van der Waals surface area contributed by atoms with Crippen LogP contribution in [0.1, 0.15) is 12.0 Å². The predicted octanol–water partition coefficient (Wildman–Crippen LogP) is 1.02. The van der Waals surface area contributed by atoms with Gasteiger partial charge in [-0.3, -0.25) is 5.10 Å². The van der Waals surface area contributed by atoms with E-state index in [1.807, 2.05) is 19.1 Å². The van der Waals surface area contributed by atoms with E-state index in [0.29, 0.717) is 11.8 Å². The minimum absolute atomic E-state index is 0.199. The number of phenolic OH excluding ortho intramolecular Hbond substituents is 1. The maximum atomic E-state index is 9.73. The van der Waals surface area contributed by atoms with Gasteiger partial charge in [-0.25, -0.2) is 0 Å². The molecule has 0 spiro atoms. The fourth-order valence-electron chi connectivity index (χ4n) is 2.25. The lowest BCUT2D eigenvalue weighted by Crippen LogP contribution is -2.26. The Kier molecular flexibility index (Phi) is 2.87. The number of hydrogen-bond acceptors (Lipinski definition) is 5. The summed E-state index contributed by atoms with van der Waals surface area (Å²) in [5.74, 6) is 1.59. The van der Waals surface area contributed by atoms with Gasteiger partial charge in [-0.1, -0.05) is 12.1 Å². The number of nitrogens with zero attached hydrogens (tertiary/aromatic N) is 3. The molecule has 0 aliphatic carbocycles. The molecule has 6 heteroatoms. The van der Waals surface area contributed by atoms with Crippen molar-refractivity contribution in [3.63, 3.8) is 0 Å². The summed E-state index contributed by atoms with van der Waals surface area (Å²) in [5.41, 5.74) is 7.54. The molecule has 4 N–H and O–H groups in total. The fraction of sp³-hybridized carbons (Fsp3) is 0.385. The maximum Gasteiger partial charge on any atom is 0.245 e. The van der Waals surface area contributed by atoms with Crippen molar-refractivity contribution in [2.24, 2.45) is 5.73 Å². The number of nitrogens with two attached hydrogens (primary N) is 1. The molecule has 1 aliphatic rings. The normalized spacial score (nSPS) is 19.1. The number of aromatic nitrogens is 3. The van der Waals surface area contributed by atoms with E-state index in [1.54, 1.807) is 6.07 Å². The van der Waals surface area contributed by atoms with Crippen LogP contribution >= 0.6 is 0 Å². The Balaban J connectivity index is 1.86. The molecule has 1 aliphatic heterocycles. The van der Waals surface area contributed by atoms with Gasteiger partial charge in [-0.05, 0) is 25.0 Å². The molecule has 19 heavy (non-hydrogen) atoms. The smallest absolute Gasteiger partial charge is 0.245 e. The zero-order valence-electron chi connectivity index (χ0n) is 10.8. The standard InChI is InChI=1S/C13H17N5O/c1-8-2-3-9(6-11(8)19)12-15-13(17-16-12)18-5-4-10(14)7-18/h2-3,6,10,19H,4-5,7,14H2,1H3,(H,15,16,17). The zero-order chi connectivity index (χ0) is 13.4. The van der Waals surface area contributed by atoms with Gasteiger partial charge in [0.25, 0.3) is 0 Å². The van der Waals surface area contributed by atoms with Crippen LogP contribution in [0, 0.1) is 6.92 Å². The highest BCUT2D eigenvalue weighted by atomic mass is 16.3. The number of aromatic amines is 1. The molecule has 100 valence electrons. The van der Waals surface area contributed by atoms with Crippen molar-refractivity contribution in [2.75, 3.05) is 18.0 Å². The van der Waals surface area contributed by atoms with Gasteiger partial charge < -0.3 is 15.7 Å². The maximum absolute atomic E-state index is 9.73. The van der Waals surface area contributed by atoms with Gasteiger partial charge >= 0.3 is 0 Å². The van der Waals surface area contributed by atoms with Gasteiger partial charge in [0.2, 0.25) is 5.95 Å². The summed E-state index contributed by atoms with van der Waals surface area (Å²) in [7, 11) is 0. The van der Waals surface area contributed by atoms with Gasteiger partial charge in [-0.15, -0.1) is 5.10 Å². The van der Waals surface area contributed by atoms with E-state index in [0.717, 1.165) is 30.6 Å². The molecule has 6 nitrogen and oxygen atoms in total. The number of hydrogen-bond donors (Lipinski definition) is 3. The Labute approximate surface area is 111 Å². The Hall–Kier alpha value is -2.08. The monoisotopic (exact) mass is 259 g/mol. The first-order valence-corrected chi connectivity index (χ1v) is 6.36. The van der Waals surface area contributed by atoms with Crippen LogP contribution in [0.4, 0.5) is 5.95 Å². The van der Waals surface area contributed by atoms with E-state index >= 15 is 0 Å². The second-order valence-corrected chi connectivity index (χ2v) is 4.98. The summed E-state index contributed by atoms with van der Waals surface area (Å²) >= 11 is 0. The third-order valence-electron chi connectivity index (χ3n) is 3.46. The summed E-state index contributed by atoms with van der Waals surface area (Å²) in [6.45, 7) is 3.53. The van der Waals surface area contributed by atoms with Crippen LogP contribution in [-0.2, 0) is 0 Å². The van der Waals surface area contributed by atoms with Crippen LogP contribution in [0.3, 0.4) is 0 Å². The highest BCUT2D eigenvalue weighted by molar-refractivity contribution is 5.60. The lowest BCUT2D eigenvalue weighted by atomic mass is 10.1. The van der Waals surface area contributed by atoms with E-state index in [-0.39, 0.29) is 11.8 Å². The molecule has 0 saturated carbocycles. The summed E-state index contributed by atoms with van der Waals surface area (Å²) in [4.78, 5) is 6.53. The number of anilines is 1. The van der Waals surface area contributed by atoms with E-state index in [2.05, 4.69) is 20.1 Å². The second kappa shape index (κ2) is 4.55. The SMILES string of the molecule is Cc1ccc(-c2nc(N3CCC(N)C3)n[nH]2)cc1O. The van der Waals surface area contributed by atoms with E-state index in [1.165, 1.54) is 0 Å². The first-order chi connectivity index (χ1) is 9.13. The number of aryl methyl sites for hydroxylation is 1. The van der Waals surface area contributed by atoms with Crippen LogP contribution in [0.25, 0.3) is 11.4 Å². The molecular weight excluding hydrogens is 242 g/mol. The van der Waals surface area contributed by atoms with Gasteiger partial charge in [0, 0.05) is 24.7 Å². The molecule has 1 fully saturated rings. The first kappa shape index (κ1) is 12.0. The second-order valence-electron chi connectivity index (χ2n) is 4.98. The summed E-state index contributed by atoms with van der Waals surface area (Å²) in [6, 6.07) is 5.66. The Morgan fingerprint density at radius 3 is 3.00 bits per heavy atom. The molecule has 1 aromatic carbocycles. The van der Waals surface area contributed by atoms with Crippen LogP contribution in [0.2, 0.25) is 0 Å². The third kappa shape index (κ3) is 2.26. The number of phenols is 1. The topological polar surface area (TPSA) is 91.1 Å². The number of aromatic hydroxyl groups is 1. The predicted molar refractivity (Wildman–Crippen MR) is 73.0 cm³/mol. The largest absolute Gasteiger partial charge is 0.508 e. The number of H-pyrrole nitrogens is 1. The quantitative estimate of drug-likeness (QED) is 0.749. The highest BCUT2D eigenvalue weighted by Crippen LogP contribution is 2.25. The van der Waals surface area contributed by atoms with Crippen molar-refractivity contribution in [3.8, 4) is 17.1 Å². The van der Waals surface area contributed by atoms with Gasteiger partial charge in [0.15, 0.2) is 5.82 Å². The lowest BCUT2D eigenvalue weighted by molar-refractivity contribution is 0.471. The summed E-state index contributed by atoms with van der Waals surface area (Å²) < 4.78 is 0. The molecule has 3 rings (SSSR count). The molecule has 1 aromatic heterocycles. The van der Waals surface area contributed by atoms with E-state index < -0.39 is 0 Å². The lowest BCUT2D eigenvalue weighted by Gasteiger charge is -2.11. The molecule has 1 saturated heterocycles. The van der Waals surface area contributed by atoms with Crippen molar-refractivity contribution in [1.29, 1.82) is 0 Å². The van der Waals surface area contributed by atoms with Crippen LogP contribution in [0.5, 0.6) is 5.75 Å². The van der Waals surface area contributed by atoms with Gasteiger partial charge in [0.05, 0.1) is 0 Å². The molecule has 2 heterocycles. The zero-order valence-corrected chi connectivity index (χ0v) is 10.8. The van der Waals surface area contributed by atoms with Crippen molar-refractivity contribution in [1.82, 2.24) is 15.2 Å². The first-order valence-electron chi connectivity index (χ1n) is 6.36. The average Bonchev–Trinajstić information content (AvgIpc) is 3.01. The molecule has 1 atom stereocenters. The average molecular weight is 259 g/mol. The Morgan fingerprint density at radius 2 is 2.32 bits per heavy atom. The van der Waals surface area contributed by atoms with Gasteiger partial charge in [-0.2, -0.15) is 4.98 Å². The molecular formula is C13H17N5O. The molecule has 0 bridgehead atoms. The Morgan fingerprint density at radius 1 is 1.47 bits per heavy atom. The van der Waals surface area contributed by atoms with Crippen LogP contribution in [-0.4, -0.2) is 39.4 Å². The number of benzene rings is 1. The molecule has 0 amide bonds. The fourth-order valence-corrected chi connectivity index (χ4v) is 2.25. The van der Waals surface area contributed by atoms with Crippen LogP contribution < -0.4 is 10.6 Å². The minimum atomic E-state index is 0.199. The van der Waals surface area contributed by atoms with Crippen LogP contribution in [0.15, 0.2) is 18.2 Å². The summed E-state index contributed by atoms with van der Waals surface area (Å²) in [5, 5.41) is 16.8.